The van der Waals surface area contributed by atoms with Crippen LogP contribution in [0.2, 0.25) is 0 Å². The normalized spacial score (nSPS) is 11.9. The molecule has 0 saturated carbocycles. The average Bonchev–Trinajstić information content (AvgIpc) is 2.46. The van der Waals surface area contributed by atoms with E-state index in [0.717, 1.165) is 18.5 Å². The summed E-state index contributed by atoms with van der Waals surface area (Å²) in [6.07, 6.45) is 2.03. The summed E-state index contributed by atoms with van der Waals surface area (Å²) in [6, 6.07) is 15.8. The van der Waals surface area contributed by atoms with Crippen LogP contribution in [-0.4, -0.2) is 11.0 Å². The van der Waals surface area contributed by atoms with Crippen molar-refractivity contribution in [2.24, 2.45) is 0 Å². The lowest BCUT2D eigenvalue weighted by Gasteiger charge is -2.15. The van der Waals surface area contributed by atoms with Gasteiger partial charge in [-0.1, -0.05) is 30.3 Å². The number of aryl methyl sites for hydroxylation is 2. The maximum Gasteiger partial charge on any atom is 0.272 e. The molecule has 0 aliphatic heterocycles. The van der Waals surface area contributed by atoms with Gasteiger partial charge in [0.2, 0.25) is 0 Å². The Morgan fingerprint density at radius 3 is 2.52 bits per heavy atom. The van der Waals surface area contributed by atoms with Gasteiger partial charge in [-0.25, -0.2) is 0 Å². The minimum absolute atomic E-state index is 0.164. The van der Waals surface area contributed by atoms with Gasteiger partial charge in [0, 0.05) is 23.4 Å². The number of hydrogen-bond acceptors (Lipinski definition) is 3. The zero-order valence-electron chi connectivity index (χ0n) is 12.4. The second-order valence-electron chi connectivity index (χ2n) is 5.33. The van der Waals surface area contributed by atoms with Gasteiger partial charge < -0.3 is 5.32 Å². The topological polar surface area (TPSA) is 55.2 Å². The predicted molar refractivity (Wildman–Crippen MR) is 85.7 cm³/mol. The number of nitro benzene ring substituents is 1. The Morgan fingerprint density at radius 2 is 1.90 bits per heavy atom. The van der Waals surface area contributed by atoms with Gasteiger partial charge in [0.1, 0.15) is 0 Å². The number of hydrogen-bond donors (Lipinski definition) is 1. The molecular formula is C17H20N2O2. The van der Waals surface area contributed by atoms with Crippen LogP contribution in [0.15, 0.2) is 48.5 Å². The van der Waals surface area contributed by atoms with Gasteiger partial charge in [-0.3, -0.25) is 10.1 Å². The lowest BCUT2D eigenvalue weighted by Crippen LogP contribution is -2.16. The lowest BCUT2D eigenvalue weighted by molar-refractivity contribution is -0.385. The van der Waals surface area contributed by atoms with Crippen LogP contribution >= 0.6 is 0 Å². The number of nitrogens with zero attached hydrogens (tertiary/aromatic N) is 1. The van der Waals surface area contributed by atoms with Crippen molar-refractivity contribution < 1.29 is 4.92 Å². The highest BCUT2D eigenvalue weighted by Gasteiger charge is 2.11. The average molecular weight is 284 g/mol. The third kappa shape index (κ3) is 4.31. The Balaban J connectivity index is 1.92. The third-order valence-electron chi connectivity index (χ3n) is 3.52. The van der Waals surface area contributed by atoms with Crippen molar-refractivity contribution in [1.82, 2.24) is 0 Å². The van der Waals surface area contributed by atoms with Gasteiger partial charge in [0.15, 0.2) is 0 Å². The fourth-order valence-electron chi connectivity index (χ4n) is 2.33. The fourth-order valence-corrected chi connectivity index (χ4v) is 2.33. The van der Waals surface area contributed by atoms with Crippen molar-refractivity contribution >= 4 is 11.4 Å². The van der Waals surface area contributed by atoms with E-state index in [1.165, 1.54) is 5.56 Å². The molecular weight excluding hydrogens is 264 g/mol. The van der Waals surface area contributed by atoms with Gasteiger partial charge in [-0.2, -0.15) is 0 Å². The van der Waals surface area contributed by atoms with E-state index in [9.17, 15) is 10.1 Å². The molecule has 4 heteroatoms. The van der Waals surface area contributed by atoms with E-state index < -0.39 is 0 Å². The molecule has 0 amide bonds. The summed E-state index contributed by atoms with van der Waals surface area (Å²) in [7, 11) is 0. The molecule has 0 radical (unpaired) electrons. The molecule has 0 aromatic heterocycles. The van der Waals surface area contributed by atoms with E-state index in [4.69, 9.17) is 0 Å². The van der Waals surface area contributed by atoms with Crippen molar-refractivity contribution in [3.05, 3.63) is 69.8 Å². The highest BCUT2D eigenvalue weighted by atomic mass is 16.6. The summed E-state index contributed by atoms with van der Waals surface area (Å²) in [5.74, 6) is 0. The molecule has 0 fully saturated rings. The quantitative estimate of drug-likeness (QED) is 0.634. The van der Waals surface area contributed by atoms with Crippen molar-refractivity contribution in [1.29, 1.82) is 0 Å². The number of nitro groups is 1. The van der Waals surface area contributed by atoms with Crippen LogP contribution in [0.5, 0.6) is 0 Å². The third-order valence-corrected chi connectivity index (χ3v) is 3.52. The molecule has 110 valence electrons. The van der Waals surface area contributed by atoms with Crippen LogP contribution in [0.25, 0.3) is 0 Å². The fraction of sp³-hybridized carbons (Fsp3) is 0.294. The van der Waals surface area contributed by atoms with E-state index in [-0.39, 0.29) is 10.6 Å². The Morgan fingerprint density at radius 1 is 1.19 bits per heavy atom. The van der Waals surface area contributed by atoms with Crippen LogP contribution in [0.4, 0.5) is 11.4 Å². The smallest absolute Gasteiger partial charge is 0.272 e. The van der Waals surface area contributed by atoms with Crippen LogP contribution in [-0.2, 0) is 6.42 Å². The van der Waals surface area contributed by atoms with E-state index in [0.29, 0.717) is 11.6 Å². The lowest BCUT2D eigenvalue weighted by atomic mass is 10.1. The summed E-state index contributed by atoms with van der Waals surface area (Å²) in [4.78, 5) is 10.5. The van der Waals surface area contributed by atoms with Crippen molar-refractivity contribution in [2.75, 3.05) is 5.32 Å². The van der Waals surface area contributed by atoms with Crippen molar-refractivity contribution in [3.8, 4) is 0 Å². The Hall–Kier alpha value is -2.36. The highest BCUT2D eigenvalue weighted by molar-refractivity contribution is 5.53. The monoisotopic (exact) mass is 284 g/mol. The van der Waals surface area contributed by atoms with Crippen LogP contribution in [0.3, 0.4) is 0 Å². The first-order chi connectivity index (χ1) is 10.1. The first-order valence-corrected chi connectivity index (χ1v) is 7.12. The molecule has 2 aromatic carbocycles. The first kappa shape index (κ1) is 15.0. The van der Waals surface area contributed by atoms with Gasteiger partial charge in [-0.15, -0.1) is 0 Å². The zero-order chi connectivity index (χ0) is 15.2. The van der Waals surface area contributed by atoms with Crippen LogP contribution < -0.4 is 5.32 Å². The standard InChI is InChI=1S/C17H20N2O2/c1-13-12-16(10-11-17(13)19(20)21)18-14(2)8-9-15-6-4-3-5-7-15/h3-7,10-12,14,18H,8-9H2,1-2H3. The Labute approximate surface area is 125 Å². The zero-order valence-corrected chi connectivity index (χ0v) is 12.4. The molecule has 0 aliphatic carbocycles. The molecule has 1 atom stereocenters. The molecule has 0 spiro atoms. The molecule has 0 saturated heterocycles. The summed E-state index contributed by atoms with van der Waals surface area (Å²) < 4.78 is 0. The Kier molecular flexibility index (Phi) is 4.93. The molecule has 0 heterocycles. The number of benzene rings is 2. The highest BCUT2D eigenvalue weighted by Crippen LogP contribution is 2.22. The summed E-state index contributed by atoms with van der Waals surface area (Å²) in [5, 5.41) is 14.2. The Bertz CT molecular complexity index is 611. The largest absolute Gasteiger partial charge is 0.383 e. The molecule has 2 aromatic rings. The molecule has 1 N–H and O–H groups in total. The van der Waals surface area contributed by atoms with Crippen molar-refractivity contribution in [2.45, 2.75) is 32.7 Å². The molecule has 0 bridgehead atoms. The summed E-state index contributed by atoms with van der Waals surface area (Å²) in [6.45, 7) is 3.89. The molecule has 4 nitrogen and oxygen atoms in total. The minimum atomic E-state index is -0.349. The summed E-state index contributed by atoms with van der Waals surface area (Å²) >= 11 is 0. The number of nitrogens with one attached hydrogen (secondary N) is 1. The molecule has 1 unspecified atom stereocenters. The van der Waals surface area contributed by atoms with Crippen molar-refractivity contribution in [3.63, 3.8) is 0 Å². The van der Waals surface area contributed by atoms with E-state index in [1.54, 1.807) is 19.1 Å². The molecule has 21 heavy (non-hydrogen) atoms. The first-order valence-electron chi connectivity index (χ1n) is 7.12. The van der Waals surface area contributed by atoms with E-state index in [1.807, 2.05) is 24.3 Å². The SMILES string of the molecule is Cc1cc(NC(C)CCc2ccccc2)ccc1[N+](=O)[O-]. The molecule has 0 aliphatic rings. The number of rotatable bonds is 6. The molecule has 2 rings (SSSR count). The second-order valence-corrected chi connectivity index (χ2v) is 5.33. The maximum atomic E-state index is 10.8. The van der Waals surface area contributed by atoms with Gasteiger partial charge in [-0.05, 0) is 44.4 Å². The van der Waals surface area contributed by atoms with Gasteiger partial charge in [0.05, 0.1) is 4.92 Å². The van der Waals surface area contributed by atoms with Crippen LogP contribution in [0.1, 0.15) is 24.5 Å². The van der Waals surface area contributed by atoms with Crippen LogP contribution in [0, 0.1) is 17.0 Å². The number of anilines is 1. The predicted octanol–water partition coefficient (Wildman–Crippen LogP) is 4.34. The maximum absolute atomic E-state index is 10.8. The minimum Gasteiger partial charge on any atom is -0.383 e. The van der Waals surface area contributed by atoms with E-state index >= 15 is 0 Å². The van der Waals surface area contributed by atoms with E-state index in [2.05, 4.69) is 24.4 Å². The van der Waals surface area contributed by atoms with Gasteiger partial charge >= 0.3 is 0 Å². The summed E-state index contributed by atoms with van der Waals surface area (Å²) in [5.41, 5.74) is 3.10. The van der Waals surface area contributed by atoms with Gasteiger partial charge in [0.25, 0.3) is 5.69 Å². The second kappa shape index (κ2) is 6.88.